The van der Waals surface area contributed by atoms with E-state index in [-0.39, 0.29) is 69.2 Å². The smallest absolute Gasteiger partial charge is 0.252 e. The highest BCUT2D eigenvalue weighted by molar-refractivity contribution is 7.01. The van der Waals surface area contributed by atoms with Crippen LogP contribution in [0.3, 0.4) is 0 Å². The third kappa shape index (κ3) is 8.64. The second-order valence-corrected chi connectivity index (χ2v) is 26.4. The van der Waals surface area contributed by atoms with Gasteiger partial charge in [0.1, 0.15) is 0 Å². The molecule has 0 aliphatic carbocycles. The Hall–Kier alpha value is -13.2. The first-order chi connectivity index (χ1) is 52.7. The standard InChI is InChI=1S/C96H61BN4/c1-8-28-62(29-9-1)69-50-55-85-79(58-69)80-59-70(63-30-10-2-11-31-63)51-56-86(80)98(85)72-53-54-81-88(61-72)101(93-75(67-38-18-6-19-39-67)46-27-47-76(93)68-40-20-7-21-41-68)96-90-78-43-23-25-49-84(78)99-83-48-24-22-42-77(83)89(94(90)99)95-91(96)97(81)82-60-71(64-32-12-3-13-33-64)52-57-87(82)100(95)92-73(65-34-14-4-15-35-65)44-26-45-74(92)66-36-16-5-17-37-66/h1-61H/i50D,51D,55D,56D,58D,59D. The van der Waals surface area contributed by atoms with Gasteiger partial charge in [-0.3, -0.25) is 0 Å². The molecule has 0 amide bonds. The summed E-state index contributed by atoms with van der Waals surface area (Å²) in [5.74, 6) is 0. The molecule has 0 N–H and O–H groups in total. The molecule has 0 spiro atoms. The van der Waals surface area contributed by atoms with Crippen molar-refractivity contribution in [3.05, 3.63) is 370 Å². The highest BCUT2D eigenvalue weighted by Crippen LogP contribution is 2.59. The number of benzene rings is 16. The molecule has 16 aromatic carbocycles. The monoisotopic (exact) mass is 1290 g/mol. The van der Waals surface area contributed by atoms with Gasteiger partial charge in [-0.05, 0) is 127 Å². The number of rotatable bonds is 10. The molecule has 2 aliphatic rings. The van der Waals surface area contributed by atoms with Crippen LogP contribution in [0, 0.1) is 0 Å². The van der Waals surface area contributed by atoms with Crippen molar-refractivity contribution in [3.8, 4) is 83.6 Å². The van der Waals surface area contributed by atoms with E-state index < -0.39 is 6.71 Å². The molecular formula is C96H61BN4. The molecule has 2 aliphatic heterocycles. The third-order valence-electron chi connectivity index (χ3n) is 21.0. The van der Waals surface area contributed by atoms with Crippen LogP contribution >= 0.6 is 0 Å². The van der Waals surface area contributed by atoms with Gasteiger partial charge in [-0.25, -0.2) is 0 Å². The number of nitrogens with zero attached hydrogens (tertiary/aromatic N) is 4. The van der Waals surface area contributed by atoms with Crippen LogP contribution < -0.4 is 26.2 Å². The Morgan fingerprint density at radius 3 is 1.08 bits per heavy atom. The van der Waals surface area contributed by atoms with E-state index in [2.05, 4.69) is 287 Å². The molecule has 3 aromatic heterocycles. The predicted octanol–water partition coefficient (Wildman–Crippen LogP) is 23.7. The van der Waals surface area contributed by atoms with Crippen LogP contribution in [0.4, 0.5) is 34.1 Å². The molecule has 0 unspecified atom stereocenters. The van der Waals surface area contributed by atoms with Gasteiger partial charge in [-0.15, -0.1) is 0 Å². The molecule has 0 saturated carbocycles. The third-order valence-corrected chi connectivity index (χ3v) is 21.0. The molecule has 19 aromatic rings. The molecule has 0 saturated heterocycles. The van der Waals surface area contributed by atoms with E-state index >= 15 is 0 Å². The van der Waals surface area contributed by atoms with Crippen molar-refractivity contribution in [1.29, 1.82) is 0 Å². The summed E-state index contributed by atoms with van der Waals surface area (Å²) in [5.41, 5.74) is 25.2. The van der Waals surface area contributed by atoms with Gasteiger partial charge in [0.25, 0.3) is 6.71 Å². The normalized spacial score (nSPS) is 13.3. The van der Waals surface area contributed by atoms with Crippen molar-refractivity contribution in [2.45, 2.75) is 0 Å². The average Bonchev–Trinajstić information content (AvgIpc) is 1.57. The van der Waals surface area contributed by atoms with Crippen LogP contribution in [0.25, 0.3) is 143 Å². The number of fused-ring (bicyclic) bond motifs is 15. The average molecular weight is 1290 g/mol. The fourth-order valence-electron chi connectivity index (χ4n) is 16.8. The summed E-state index contributed by atoms with van der Waals surface area (Å²) in [6.45, 7) is -0.503. The van der Waals surface area contributed by atoms with Gasteiger partial charge in [0, 0.05) is 71.6 Å². The van der Waals surface area contributed by atoms with Crippen LogP contribution in [-0.2, 0) is 0 Å². The van der Waals surface area contributed by atoms with E-state index in [4.69, 9.17) is 0 Å². The highest BCUT2D eigenvalue weighted by atomic mass is 15.2. The van der Waals surface area contributed by atoms with E-state index in [1.54, 1.807) is 0 Å². The lowest BCUT2D eigenvalue weighted by molar-refractivity contribution is 1.17. The summed E-state index contributed by atoms with van der Waals surface area (Å²) < 4.78 is 66.4. The van der Waals surface area contributed by atoms with Gasteiger partial charge in [-0.2, -0.15) is 0 Å². The summed E-state index contributed by atoms with van der Waals surface area (Å²) in [4.78, 5) is 5.19. The second-order valence-electron chi connectivity index (χ2n) is 26.4. The Kier molecular flexibility index (Phi) is 11.5. The van der Waals surface area contributed by atoms with Gasteiger partial charge < -0.3 is 18.8 Å². The number of anilines is 6. The minimum atomic E-state index is -0.503. The zero-order valence-electron chi connectivity index (χ0n) is 60.6. The van der Waals surface area contributed by atoms with Gasteiger partial charge in [-0.1, -0.05) is 315 Å². The first kappa shape index (κ1) is 51.1. The molecule has 4 nitrogen and oxygen atoms in total. The molecule has 0 radical (unpaired) electrons. The molecule has 0 atom stereocenters. The summed E-state index contributed by atoms with van der Waals surface area (Å²) in [6, 6.07) is 116. The fraction of sp³-hybridized carbons (Fsp3) is 0. The number of hydrogen-bond acceptors (Lipinski definition) is 2. The zero-order chi connectivity index (χ0) is 71.4. The van der Waals surface area contributed by atoms with Crippen LogP contribution in [0.1, 0.15) is 8.22 Å². The van der Waals surface area contributed by atoms with Gasteiger partial charge in [0.15, 0.2) is 0 Å². The maximum atomic E-state index is 10.5. The van der Waals surface area contributed by atoms with Crippen LogP contribution in [0.5, 0.6) is 0 Å². The van der Waals surface area contributed by atoms with Gasteiger partial charge >= 0.3 is 0 Å². The molecule has 5 heterocycles. The van der Waals surface area contributed by atoms with Gasteiger partial charge in [0.2, 0.25) is 0 Å². The number of aromatic nitrogens is 2. The first-order valence-corrected chi connectivity index (χ1v) is 34.5. The van der Waals surface area contributed by atoms with Crippen molar-refractivity contribution in [2.75, 3.05) is 9.80 Å². The van der Waals surface area contributed by atoms with Crippen molar-refractivity contribution < 1.29 is 8.22 Å². The highest BCUT2D eigenvalue weighted by Gasteiger charge is 2.48. The van der Waals surface area contributed by atoms with Crippen LogP contribution in [-0.4, -0.2) is 15.7 Å². The van der Waals surface area contributed by atoms with Crippen molar-refractivity contribution in [1.82, 2.24) is 8.97 Å². The quantitative estimate of drug-likeness (QED) is 0.127. The van der Waals surface area contributed by atoms with Crippen LogP contribution in [0.2, 0.25) is 0 Å². The summed E-state index contributed by atoms with van der Waals surface area (Å²) in [7, 11) is 0. The summed E-state index contributed by atoms with van der Waals surface area (Å²) in [6.07, 6.45) is 0. The molecule has 0 fully saturated rings. The minimum Gasteiger partial charge on any atom is -0.309 e. The Bertz CT molecular complexity index is 6640. The Labute approximate surface area is 594 Å². The molecule has 0 bridgehead atoms. The summed E-state index contributed by atoms with van der Waals surface area (Å²) >= 11 is 0. The SMILES string of the molecule is [2H]c1c(-c2ccccc2)c([2H])c2c3c([2H])c(-c4ccccc4)c([2H])c([2H])c3n(-c3ccc4c(c3)N(c3c(-c5ccccc5)cccc3-c3ccccc3)c3c5c(c6c7ccccc7n7c8ccccc8c3c67)N(c3c(-c6ccccc6)cccc3-c3ccccc3)c3ccc(-c6ccccc6)cc3B45)c2c1[2H]. The Balaban J connectivity index is 0.993. The predicted molar refractivity (Wildman–Crippen MR) is 428 cm³/mol. The first-order valence-electron chi connectivity index (χ1n) is 37.5. The lowest BCUT2D eigenvalue weighted by atomic mass is 9.33. The molecule has 5 heteroatoms. The molecular weight excluding hydrogens is 1220 g/mol. The number of para-hydroxylation sites is 4. The van der Waals surface area contributed by atoms with Gasteiger partial charge in [0.05, 0.1) is 58.6 Å². The van der Waals surface area contributed by atoms with E-state index in [9.17, 15) is 8.22 Å². The topological polar surface area (TPSA) is 15.8 Å². The maximum absolute atomic E-state index is 10.5. The maximum Gasteiger partial charge on any atom is 0.252 e. The Morgan fingerprint density at radius 2 is 0.644 bits per heavy atom. The summed E-state index contributed by atoms with van der Waals surface area (Å²) in [5, 5.41) is 4.90. The molecule has 21 rings (SSSR count). The largest absolute Gasteiger partial charge is 0.309 e. The number of hydrogen-bond donors (Lipinski definition) is 0. The zero-order valence-corrected chi connectivity index (χ0v) is 54.6. The van der Waals surface area contributed by atoms with Crippen molar-refractivity contribution in [2.24, 2.45) is 0 Å². The molecule has 468 valence electrons. The van der Waals surface area contributed by atoms with Crippen molar-refractivity contribution >= 4 is 117 Å². The minimum absolute atomic E-state index is 0.0334. The lowest BCUT2D eigenvalue weighted by Crippen LogP contribution is -2.61. The Morgan fingerprint density at radius 1 is 0.257 bits per heavy atom. The van der Waals surface area contributed by atoms with Crippen molar-refractivity contribution in [3.63, 3.8) is 0 Å². The van der Waals surface area contributed by atoms with E-state index in [1.807, 2.05) is 65.2 Å². The molecule has 101 heavy (non-hydrogen) atoms. The fourth-order valence-corrected chi connectivity index (χ4v) is 16.8. The lowest BCUT2D eigenvalue weighted by Gasteiger charge is -2.46. The van der Waals surface area contributed by atoms with E-state index in [1.165, 1.54) is 0 Å². The second kappa shape index (κ2) is 22.7. The van der Waals surface area contributed by atoms with E-state index in [0.717, 1.165) is 144 Å². The van der Waals surface area contributed by atoms with E-state index in [0.29, 0.717) is 16.8 Å². The van der Waals surface area contributed by atoms with Crippen LogP contribution in [0.15, 0.2) is 370 Å².